The van der Waals surface area contributed by atoms with Crippen LogP contribution < -0.4 is 11.2 Å². The number of aromatic nitrogens is 3. The molecule has 2 aromatic rings. The van der Waals surface area contributed by atoms with Crippen molar-refractivity contribution in [1.29, 1.82) is 0 Å². The molecule has 3 N–H and O–H groups in total. The molecule has 1 aliphatic carbocycles. The summed E-state index contributed by atoms with van der Waals surface area (Å²) in [4.78, 5) is 12.0. The summed E-state index contributed by atoms with van der Waals surface area (Å²) in [5.41, 5.74) is 2.08. The van der Waals surface area contributed by atoms with Crippen LogP contribution in [0.15, 0.2) is 29.4 Å². The van der Waals surface area contributed by atoms with Crippen LogP contribution in [0.5, 0.6) is 0 Å². The Morgan fingerprint density at radius 1 is 1.36 bits per heavy atom. The molecule has 1 amide bonds. The number of nitrogen functional groups attached to an aromatic ring is 1. The number of rotatable bonds is 5. The fourth-order valence-electron chi connectivity index (χ4n) is 2.01. The van der Waals surface area contributed by atoms with Crippen LogP contribution in [-0.2, 0) is 4.79 Å². The van der Waals surface area contributed by atoms with Crippen molar-refractivity contribution in [3.63, 3.8) is 0 Å². The van der Waals surface area contributed by atoms with Gasteiger partial charge in [-0.05, 0) is 26.7 Å². The van der Waals surface area contributed by atoms with Gasteiger partial charge in [0, 0.05) is 11.6 Å². The fraction of sp³-hybridized carbons (Fsp3) is 0.400. The van der Waals surface area contributed by atoms with Gasteiger partial charge in [-0.25, -0.2) is 4.68 Å². The van der Waals surface area contributed by atoms with Crippen LogP contribution in [0.4, 0.5) is 0 Å². The quantitative estimate of drug-likeness (QED) is 0.648. The standard InChI is InChI=1S/C15H19N5OS/c1-9-3-5-11(6-4-9)13-18-19-15(20(13)16)22-10(2)14(21)17-12-7-8-12/h3-6,10,12H,7-8,16H2,1-2H3,(H,17,21). The summed E-state index contributed by atoms with van der Waals surface area (Å²) in [6.45, 7) is 3.88. The first-order valence-electron chi connectivity index (χ1n) is 7.29. The average Bonchev–Trinajstić information content (AvgIpc) is 3.24. The number of aryl methyl sites for hydroxylation is 1. The van der Waals surface area contributed by atoms with Gasteiger partial charge in [0.1, 0.15) is 0 Å². The second-order valence-corrected chi connectivity index (χ2v) is 6.89. The third-order valence-corrected chi connectivity index (χ3v) is 4.61. The van der Waals surface area contributed by atoms with Crippen molar-refractivity contribution >= 4 is 17.7 Å². The molecule has 1 aromatic heterocycles. The third-order valence-electron chi connectivity index (χ3n) is 3.55. The number of hydrogen-bond donors (Lipinski definition) is 2. The number of nitrogens with two attached hydrogens (primary N) is 1. The molecule has 1 fully saturated rings. The molecule has 22 heavy (non-hydrogen) atoms. The van der Waals surface area contributed by atoms with Gasteiger partial charge in [-0.3, -0.25) is 4.79 Å². The molecule has 3 rings (SSSR count). The zero-order chi connectivity index (χ0) is 15.7. The Morgan fingerprint density at radius 2 is 2.05 bits per heavy atom. The Hall–Kier alpha value is -2.02. The van der Waals surface area contributed by atoms with E-state index < -0.39 is 0 Å². The summed E-state index contributed by atoms with van der Waals surface area (Å²) in [7, 11) is 0. The van der Waals surface area contributed by atoms with E-state index in [1.54, 1.807) is 0 Å². The van der Waals surface area contributed by atoms with Crippen LogP contribution in [-0.4, -0.2) is 32.1 Å². The maximum absolute atomic E-state index is 12.0. The van der Waals surface area contributed by atoms with Crippen LogP contribution >= 0.6 is 11.8 Å². The molecule has 1 aliphatic rings. The molecular weight excluding hydrogens is 298 g/mol. The lowest BCUT2D eigenvalue weighted by atomic mass is 10.1. The van der Waals surface area contributed by atoms with E-state index in [1.165, 1.54) is 22.0 Å². The molecule has 1 saturated carbocycles. The Bertz CT molecular complexity index is 678. The largest absolute Gasteiger partial charge is 0.352 e. The number of carbonyl (C=O) groups excluding carboxylic acids is 1. The van der Waals surface area contributed by atoms with Crippen molar-refractivity contribution in [1.82, 2.24) is 20.2 Å². The number of amides is 1. The van der Waals surface area contributed by atoms with Crippen molar-refractivity contribution in [2.24, 2.45) is 0 Å². The molecule has 6 nitrogen and oxygen atoms in total. The van der Waals surface area contributed by atoms with Crippen molar-refractivity contribution in [3.05, 3.63) is 29.8 Å². The molecule has 116 valence electrons. The fourth-order valence-corrected chi connectivity index (χ4v) is 2.79. The molecular formula is C15H19N5OS. The van der Waals surface area contributed by atoms with Gasteiger partial charge in [0.25, 0.3) is 0 Å². The summed E-state index contributed by atoms with van der Waals surface area (Å²) in [5.74, 6) is 6.69. The van der Waals surface area contributed by atoms with Crippen LogP contribution in [0.3, 0.4) is 0 Å². The monoisotopic (exact) mass is 317 g/mol. The Kier molecular flexibility index (Phi) is 4.06. The molecule has 0 aliphatic heterocycles. The van der Waals surface area contributed by atoms with E-state index >= 15 is 0 Å². The van der Waals surface area contributed by atoms with E-state index in [2.05, 4.69) is 15.5 Å². The minimum Gasteiger partial charge on any atom is -0.352 e. The van der Waals surface area contributed by atoms with Gasteiger partial charge in [0.15, 0.2) is 5.82 Å². The molecule has 0 bridgehead atoms. The van der Waals surface area contributed by atoms with E-state index in [0.717, 1.165) is 18.4 Å². The molecule has 0 spiro atoms. The molecule has 7 heteroatoms. The highest BCUT2D eigenvalue weighted by molar-refractivity contribution is 8.00. The lowest BCUT2D eigenvalue weighted by Gasteiger charge is -2.10. The first-order chi connectivity index (χ1) is 10.5. The lowest BCUT2D eigenvalue weighted by molar-refractivity contribution is -0.120. The molecule has 1 heterocycles. The molecule has 1 aromatic carbocycles. The Morgan fingerprint density at radius 3 is 2.68 bits per heavy atom. The molecule has 1 atom stereocenters. The SMILES string of the molecule is Cc1ccc(-c2nnc(SC(C)C(=O)NC3CC3)n2N)cc1. The van der Waals surface area contributed by atoms with E-state index in [9.17, 15) is 4.79 Å². The van der Waals surface area contributed by atoms with Crippen LogP contribution in [0.2, 0.25) is 0 Å². The first kappa shape index (κ1) is 14.9. The van der Waals surface area contributed by atoms with E-state index in [-0.39, 0.29) is 11.2 Å². The predicted octanol–water partition coefficient (Wildman–Crippen LogP) is 1.73. The zero-order valence-electron chi connectivity index (χ0n) is 12.6. The summed E-state index contributed by atoms with van der Waals surface area (Å²) in [6, 6.07) is 8.28. The topological polar surface area (TPSA) is 85.8 Å². The third kappa shape index (κ3) is 3.24. The number of nitrogens with one attached hydrogen (secondary N) is 1. The van der Waals surface area contributed by atoms with Gasteiger partial charge >= 0.3 is 0 Å². The number of carbonyl (C=O) groups is 1. The first-order valence-corrected chi connectivity index (χ1v) is 8.17. The zero-order valence-corrected chi connectivity index (χ0v) is 13.4. The van der Waals surface area contributed by atoms with E-state index in [4.69, 9.17) is 5.84 Å². The lowest BCUT2D eigenvalue weighted by Crippen LogP contribution is -2.32. The highest BCUT2D eigenvalue weighted by Gasteiger charge is 2.27. The highest BCUT2D eigenvalue weighted by Crippen LogP contribution is 2.26. The average molecular weight is 317 g/mol. The van der Waals surface area contributed by atoms with Crippen molar-refractivity contribution in [2.45, 2.75) is 43.1 Å². The normalized spacial score (nSPS) is 15.5. The minimum absolute atomic E-state index is 0.0207. The van der Waals surface area contributed by atoms with Crippen LogP contribution in [0.1, 0.15) is 25.3 Å². The molecule has 0 saturated heterocycles. The second-order valence-electron chi connectivity index (χ2n) is 5.59. The van der Waals surface area contributed by atoms with Crippen LogP contribution in [0, 0.1) is 6.92 Å². The maximum atomic E-state index is 12.0. The minimum atomic E-state index is -0.252. The summed E-state index contributed by atoms with van der Waals surface area (Å²) in [6.07, 6.45) is 2.15. The van der Waals surface area contributed by atoms with Gasteiger partial charge in [-0.2, -0.15) is 0 Å². The smallest absolute Gasteiger partial charge is 0.233 e. The van der Waals surface area contributed by atoms with Crippen molar-refractivity contribution < 1.29 is 4.79 Å². The van der Waals surface area contributed by atoms with Gasteiger partial charge in [0.2, 0.25) is 11.1 Å². The number of nitrogens with zero attached hydrogens (tertiary/aromatic N) is 3. The highest BCUT2D eigenvalue weighted by atomic mass is 32.2. The number of hydrogen-bond acceptors (Lipinski definition) is 5. The predicted molar refractivity (Wildman–Crippen MR) is 86.8 cm³/mol. The van der Waals surface area contributed by atoms with Gasteiger partial charge in [0.05, 0.1) is 5.25 Å². The van der Waals surface area contributed by atoms with E-state index in [0.29, 0.717) is 17.0 Å². The molecule has 0 radical (unpaired) electrons. The van der Waals surface area contributed by atoms with Gasteiger partial charge < -0.3 is 11.2 Å². The van der Waals surface area contributed by atoms with Crippen LogP contribution in [0.25, 0.3) is 11.4 Å². The Labute approximate surface area is 133 Å². The summed E-state index contributed by atoms with van der Waals surface area (Å²) < 4.78 is 1.44. The van der Waals surface area contributed by atoms with E-state index in [1.807, 2.05) is 38.1 Å². The van der Waals surface area contributed by atoms with Gasteiger partial charge in [-0.15, -0.1) is 10.2 Å². The summed E-state index contributed by atoms with van der Waals surface area (Å²) in [5, 5.41) is 11.5. The second kappa shape index (κ2) is 6.00. The maximum Gasteiger partial charge on any atom is 0.233 e. The Balaban J connectivity index is 1.72. The summed E-state index contributed by atoms with van der Waals surface area (Å²) >= 11 is 1.32. The number of thioether (sulfide) groups is 1. The molecule has 1 unspecified atom stereocenters. The van der Waals surface area contributed by atoms with Crippen molar-refractivity contribution in [2.75, 3.05) is 5.84 Å². The van der Waals surface area contributed by atoms with Gasteiger partial charge in [-0.1, -0.05) is 41.6 Å². The van der Waals surface area contributed by atoms with Crippen molar-refractivity contribution in [3.8, 4) is 11.4 Å². The number of benzene rings is 1.